The Kier molecular flexibility index (Phi) is 6.01. The van der Waals surface area contributed by atoms with Crippen LogP contribution in [0.15, 0.2) is 72.4 Å². The number of hydrogen-bond acceptors (Lipinski definition) is 4. The van der Waals surface area contributed by atoms with E-state index in [0.29, 0.717) is 22.7 Å². The van der Waals surface area contributed by atoms with Crippen molar-refractivity contribution in [2.24, 2.45) is 0 Å². The molecule has 0 saturated heterocycles. The van der Waals surface area contributed by atoms with Crippen LogP contribution in [0.25, 0.3) is 5.57 Å². The fraction of sp³-hybridized carbons (Fsp3) is 0.185. The summed E-state index contributed by atoms with van der Waals surface area (Å²) in [5, 5.41) is 3.05. The number of hydrogen-bond donors (Lipinski definition) is 1. The molecule has 0 spiro atoms. The number of rotatable bonds is 6. The molecule has 3 aromatic carbocycles. The number of carbonyl (C=O) groups excluding carboxylic acids is 2. The average molecular weight is 445 g/mol. The molecule has 5 nitrogen and oxygen atoms in total. The summed E-state index contributed by atoms with van der Waals surface area (Å²) in [6, 6.07) is 18.2. The Morgan fingerprint density at radius 1 is 0.879 bits per heavy atom. The van der Waals surface area contributed by atoms with Gasteiger partial charge in [-0.2, -0.15) is 0 Å². The molecule has 1 aliphatic rings. The number of nitrogens with one attached hydrogen (secondary N) is 1. The van der Waals surface area contributed by atoms with Crippen molar-refractivity contribution in [1.82, 2.24) is 0 Å². The van der Waals surface area contributed by atoms with E-state index >= 15 is 0 Å². The number of amides is 2. The number of aryl methyl sites for hydroxylation is 2. The van der Waals surface area contributed by atoms with Gasteiger partial charge < -0.3 is 10.1 Å². The molecule has 0 saturated carbocycles. The van der Waals surface area contributed by atoms with E-state index in [1.807, 2.05) is 45.9 Å². The molecule has 0 aromatic heterocycles. The highest BCUT2D eigenvalue weighted by Crippen LogP contribution is 2.35. The lowest BCUT2D eigenvalue weighted by atomic mass is 9.97. The van der Waals surface area contributed by atoms with Crippen molar-refractivity contribution in [2.75, 3.05) is 10.2 Å². The van der Waals surface area contributed by atoms with Gasteiger partial charge in [0.25, 0.3) is 11.8 Å². The molecule has 0 aliphatic carbocycles. The Morgan fingerprint density at radius 2 is 1.55 bits per heavy atom. The minimum Gasteiger partial charge on any atom is -0.491 e. The maximum Gasteiger partial charge on any atom is 0.282 e. The van der Waals surface area contributed by atoms with Gasteiger partial charge in [-0.1, -0.05) is 23.8 Å². The van der Waals surface area contributed by atoms with Gasteiger partial charge in [-0.25, -0.2) is 9.29 Å². The van der Waals surface area contributed by atoms with Crippen molar-refractivity contribution in [2.45, 2.75) is 33.8 Å². The van der Waals surface area contributed by atoms with Crippen molar-refractivity contribution in [1.29, 1.82) is 0 Å². The molecule has 33 heavy (non-hydrogen) atoms. The van der Waals surface area contributed by atoms with Crippen LogP contribution >= 0.6 is 0 Å². The number of anilines is 2. The molecule has 0 radical (unpaired) electrons. The first-order valence-electron chi connectivity index (χ1n) is 10.7. The SMILES string of the molecule is Cc1ccc(C2=C(Nc3ccc(F)cc3)C(=O)N(c3ccc(OC(C)C)cc3)C2=O)c(C)c1. The highest BCUT2D eigenvalue weighted by molar-refractivity contribution is 6.46. The van der Waals surface area contributed by atoms with Crippen LogP contribution in [0.5, 0.6) is 5.75 Å². The average Bonchev–Trinajstić information content (AvgIpc) is 3.00. The van der Waals surface area contributed by atoms with E-state index in [2.05, 4.69) is 5.32 Å². The second kappa shape index (κ2) is 8.90. The van der Waals surface area contributed by atoms with E-state index in [9.17, 15) is 14.0 Å². The van der Waals surface area contributed by atoms with Crippen molar-refractivity contribution in [3.8, 4) is 5.75 Å². The largest absolute Gasteiger partial charge is 0.491 e. The van der Waals surface area contributed by atoms with E-state index in [4.69, 9.17) is 4.74 Å². The molecule has 0 atom stereocenters. The maximum absolute atomic E-state index is 13.6. The zero-order valence-electron chi connectivity index (χ0n) is 19.0. The number of ether oxygens (including phenoxy) is 1. The Bertz CT molecular complexity index is 1250. The molecule has 4 rings (SSSR count). The molecule has 0 bridgehead atoms. The van der Waals surface area contributed by atoms with Gasteiger partial charge in [0.15, 0.2) is 0 Å². The zero-order valence-corrected chi connectivity index (χ0v) is 19.0. The third kappa shape index (κ3) is 4.51. The second-order valence-electron chi connectivity index (χ2n) is 8.31. The summed E-state index contributed by atoms with van der Waals surface area (Å²) < 4.78 is 19.1. The number of benzene rings is 3. The molecule has 2 amide bonds. The number of halogens is 1. The summed E-state index contributed by atoms with van der Waals surface area (Å²) in [6.45, 7) is 7.73. The maximum atomic E-state index is 13.6. The van der Waals surface area contributed by atoms with Gasteiger partial charge in [0.1, 0.15) is 17.3 Å². The van der Waals surface area contributed by atoms with Gasteiger partial charge >= 0.3 is 0 Å². The van der Waals surface area contributed by atoms with Crippen molar-refractivity contribution in [3.05, 3.63) is 94.9 Å². The Labute approximate surface area is 192 Å². The summed E-state index contributed by atoms with van der Waals surface area (Å²) in [4.78, 5) is 28.2. The van der Waals surface area contributed by atoms with E-state index in [-0.39, 0.29) is 23.2 Å². The molecule has 0 unspecified atom stereocenters. The van der Waals surface area contributed by atoms with Gasteiger partial charge in [-0.05, 0) is 87.4 Å². The van der Waals surface area contributed by atoms with Crippen LogP contribution in [0, 0.1) is 19.7 Å². The van der Waals surface area contributed by atoms with Gasteiger partial charge in [0.05, 0.1) is 17.4 Å². The van der Waals surface area contributed by atoms with Gasteiger partial charge in [0.2, 0.25) is 0 Å². The lowest BCUT2D eigenvalue weighted by Gasteiger charge is -2.17. The van der Waals surface area contributed by atoms with Crippen molar-refractivity contribution in [3.63, 3.8) is 0 Å². The van der Waals surface area contributed by atoms with Crippen LogP contribution < -0.4 is 15.0 Å². The van der Waals surface area contributed by atoms with Crippen LogP contribution in [0.4, 0.5) is 15.8 Å². The summed E-state index contributed by atoms with van der Waals surface area (Å²) in [7, 11) is 0. The van der Waals surface area contributed by atoms with Crippen LogP contribution in [0.3, 0.4) is 0 Å². The second-order valence-corrected chi connectivity index (χ2v) is 8.31. The topological polar surface area (TPSA) is 58.6 Å². The van der Waals surface area contributed by atoms with Crippen LogP contribution in [0.1, 0.15) is 30.5 Å². The molecule has 0 fully saturated rings. The lowest BCUT2D eigenvalue weighted by molar-refractivity contribution is -0.120. The van der Waals surface area contributed by atoms with E-state index < -0.39 is 11.8 Å². The number of imide groups is 1. The first-order valence-corrected chi connectivity index (χ1v) is 10.7. The normalized spacial score (nSPS) is 13.8. The standard InChI is InChI=1S/C27H25FN2O3/c1-16(2)33-22-12-10-21(11-13-22)30-26(31)24(23-14-5-17(3)15-18(23)4)25(27(30)32)29-20-8-6-19(28)7-9-20/h5-16,29H,1-4H3. The Hall–Kier alpha value is -3.93. The quantitative estimate of drug-likeness (QED) is 0.501. The molecular weight excluding hydrogens is 419 g/mol. The van der Waals surface area contributed by atoms with Crippen LogP contribution in [-0.4, -0.2) is 17.9 Å². The van der Waals surface area contributed by atoms with E-state index in [1.165, 1.54) is 24.3 Å². The molecule has 1 N–H and O–H groups in total. The van der Waals surface area contributed by atoms with Gasteiger partial charge in [-0.15, -0.1) is 0 Å². The lowest BCUT2D eigenvalue weighted by Crippen LogP contribution is -2.32. The van der Waals surface area contributed by atoms with E-state index in [1.54, 1.807) is 24.3 Å². The minimum atomic E-state index is -0.475. The smallest absolute Gasteiger partial charge is 0.282 e. The molecule has 3 aromatic rings. The third-order valence-corrected chi connectivity index (χ3v) is 5.32. The molecular formula is C27H25FN2O3. The molecule has 6 heteroatoms. The first-order chi connectivity index (χ1) is 15.7. The summed E-state index contributed by atoms with van der Waals surface area (Å²) >= 11 is 0. The summed E-state index contributed by atoms with van der Waals surface area (Å²) in [6.07, 6.45) is 0.00944. The fourth-order valence-corrected chi connectivity index (χ4v) is 3.85. The summed E-state index contributed by atoms with van der Waals surface area (Å²) in [5.41, 5.74) is 4.00. The highest BCUT2D eigenvalue weighted by atomic mass is 19.1. The predicted octanol–water partition coefficient (Wildman–Crippen LogP) is 5.63. The minimum absolute atomic E-state index is 0.00944. The predicted molar refractivity (Wildman–Crippen MR) is 128 cm³/mol. The van der Waals surface area contributed by atoms with Crippen molar-refractivity contribution >= 4 is 28.8 Å². The zero-order chi connectivity index (χ0) is 23.7. The van der Waals surface area contributed by atoms with Crippen molar-refractivity contribution < 1.29 is 18.7 Å². The van der Waals surface area contributed by atoms with Crippen LogP contribution in [-0.2, 0) is 9.59 Å². The van der Waals surface area contributed by atoms with Crippen LogP contribution in [0.2, 0.25) is 0 Å². The van der Waals surface area contributed by atoms with Gasteiger partial charge in [-0.3, -0.25) is 9.59 Å². The third-order valence-electron chi connectivity index (χ3n) is 5.32. The highest BCUT2D eigenvalue weighted by Gasteiger charge is 2.40. The Morgan fingerprint density at radius 3 is 2.15 bits per heavy atom. The van der Waals surface area contributed by atoms with Gasteiger partial charge in [0, 0.05) is 5.69 Å². The molecule has 1 aliphatic heterocycles. The Balaban J connectivity index is 1.77. The number of nitrogens with zero attached hydrogens (tertiary/aromatic N) is 1. The van der Waals surface area contributed by atoms with E-state index in [0.717, 1.165) is 16.0 Å². The molecule has 1 heterocycles. The molecule has 168 valence electrons. The fourth-order valence-electron chi connectivity index (χ4n) is 3.85. The first kappa shape index (κ1) is 22.3. The monoisotopic (exact) mass is 444 g/mol. The number of carbonyl (C=O) groups is 2. The summed E-state index contributed by atoms with van der Waals surface area (Å²) in [5.74, 6) is -0.630.